The summed E-state index contributed by atoms with van der Waals surface area (Å²) in [6.45, 7) is 5.94. The number of carbonyl (C=O) groups excluding carboxylic acids is 1. The molecule has 0 unspecified atom stereocenters. The van der Waals surface area contributed by atoms with Crippen molar-refractivity contribution in [1.29, 1.82) is 0 Å². The van der Waals surface area contributed by atoms with Gasteiger partial charge in [-0.05, 0) is 41.8 Å². The van der Waals surface area contributed by atoms with Crippen molar-refractivity contribution in [3.05, 3.63) is 47.6 Å². The number of aromatic hydroxyl groups is 1. The van der Waals surface area contributed by atoms with Gasteiger partial charge >= 0.3 is 5.97 Å². The summed E-state index contributed by atoms with van der Waals surface area (Å²) in [5.74, 6) is -1.64. The molecule has 0 fully saturated rings. The first-order valence-corrected chi connectivity index (χ1v) is 7.03. The maximum absolute atomic E-state index is 11.4. The summed E-state index contributed by atoms with van der Waals surface area (Å²) in [6, 6.07) is 5.01. The predicted molar refractivity (Wildman–Crippen MR) is 87.7 cm³/mol. The molecule has 1 aromatic carbocycles. The van der Waals surface area contributed by atoms with E-state index in [-0.39, 0.29) is 16.7 Å². The van der Waals surface area contributed by atoms with Crippen molar-refractivity contribution in [3.63, 3.8) is 0 Å². The Kier molecular flexibility index (Phi) is 4.36. The summed E-state index contributed by atoms with van der Waals surface area (Å²) in [6.07, 6.45) is 3.82. The number of carboxylic acid groups (broad SMARTS) is 1. The van der Waals surface area contributed by atoms with Gasteiger partial charge in [0.05, 0.1) is 11.4 Å². The van der Waals surface area contributed by atoms with E-state index in [9.17, 15) is 14.7 Å². The number of anilines is 1. The molecule has 1 aromatic rings. The molecule has 2 rings (SSSR count). The lowest BCUT2D eigenvalue weighted by Gasteiger charge is -2.21. The number of rotatable bonds is 3. The van der Waals surface area contributed by atoms with Gasteiger partial charge in [0, 0.05) is 5.56 Å². The Morgan fingerprint density at radius 1 is 1.22 bits per heavy atom. The number of hydrazone groups is 1. The number of hydrogen-bond donors (Lipinski definition) is 3. The molecule has 3 N–H and O–H groups in total. The molecule has 1 aliphatic rings. The topological polar surface area (TPSA) is 99.0 Å². The molecule has 0 bridgehead atoms. The fraction of sp³-hybridized carbons (Fsp3) is 0.235. The van der Waals surface area contributed by atoms with Gasteiger partial charge in [-0.2, -0.15) is 5.10 Å². The van der Waals surface area contributed by atoms with Crippen LogP contribution in [0.15, 0.2) is 47.1 Å². The summed E-state index contributed by atoms with van der Waals surface area (Å²) >= 11 is 0. The van der Waals surface area contributed by atoms with Crippen LogP contribution in [0.1, 0.15) is 26.3 Å². The number of allylic oxidation sites excluding steroid dienone is 3. The predicted octanol–water partition coefficient (Wildman–Crippen LogP) is 2.61. The van der Waals surface area contributed by atoms with E-state index >= 15 is 0 Å². The van der Waals surface area contributed by atoms with Gasteiger partial charge in [0.2, 0.25) is 0 Å². The molecule has 0 aliphatic heterocycles. The van der Waals surface area contributed by atoms with Crippen LogP contribution in [0, 0.1) is 0 Å². The summed E-state index contributed by atoms with van der Waals surface area (Å²) in [7, 11) is 0. The van der Waals surface area contributed by atoms with Crippen molar-refractivity contribution in [1.82, 2.24) is 0 Å². The molecule has 0 heterocycles. The van der Waals surface area contributed by atoms with E-state index in [1.54, 1.807) is 18.2 Å². The van der Waals surface area contributed by atoms with Gasteiger partial charge in [0.1, 0.15) is 11.3 Å². The zero-order valence-electron chi connectivity index (χ0n) is 13.1. The van der Waals surface area contributed by atoms with E-state index in [4.69, 9.17) is 5.11 Å². The molecule has 0 saturated carbocycles. The van der Waals surface area contributed by atoms with Crippen molar-refractivity contribution in [2.45, 2.75) is 26.2 Å². The Hall–Kier alpha value is -2.89. The molecule has 120 valence electrons. The number of phenols is 1. The van der Waals surface area contributed by atoms with E-state index in [2.05, 4.69) is 10.5 Å². The summed E-state index contributed by atoms with van der Waals surface area (Å²) < 4.78 is 0. The average Bonchev–Trinajstić information content (AvgIpc) is 2.46. The summed E-state index contributed by atoms with van der Waals surface area (Å²) in [5, 5.41) is 22.9. The summed E-state index contributed by atoms with van der Waals surface area (Å²) in [5.41, 5.74) is 3.98. The molecule has 6 nitrogen and oxygen atoms in total. The Morgan fingerprint density at radius 2 is 1.91 bits per heavy atom. The van der Waals surface area contributed by atoms with Crippen LogP contribution < -0.4 is 5.43 Å². The van der Waals surface area contributed by atoms with Gasteiger partial charge in [-0.1, -0.05) is 20.8 Å². The highest BCUT2D eigenvalue weighted by molar-refractivity contribution is 6.29. The number of phenolic OH excluding ortho intramolecular Hbond substituents is 1. The first-order valence-electron chi connectivity index (χ1n) is 7.03. The van der Waals surface area contributed by atoms with Crippen LogP contribution in [0.2, 0.25) is 0 Å². The van der Waals surface area contributed by atoms with Gasteiger partial charge in [0.15, 0.2) is 5.78 Å². The molecule has 0 saturated heterocycles. The highest BCUT2D eigenvalue weighted by atomic mass is 16.4. The van der Waals surface area contributed by atoms with E-state index < -0.39 is 11.8 Å². The number of carbonyl (C=O) groups is 2. The number of nitrogens with zero attached hydrogens (tertiary/aromatic N) is 1. The standard InChI is InChI=1S/C17H18N2O4/c1-17(2,3)13-9-11(5-7-15(13)21)19-18-10-4-6-14(20)12(8-10)16(22)23/h4-9,19,21H,1-3H3,(H,22,23)/b18-10+. The lowest BCUT2D eigenvalue weighted by atomic mass is 9.86. The highest BCUT2D eigenvalue weighted by Gasteiger charge is 2.20. The van der Waals surface area contributed by atoms with Crippen LogP contribution in [-0.2, 0) is 15.0 Å². The van der Waals surface area contributed by atoms with Crippen LogP contribution in [0.5, 0.6) is 5.75 Å². The number of nitrogens with one attached hydrogen (secondary N) is 1. The molecular weight excluding hydrogens is 296 g/mol. The van der Waals surface area contributed by atoms with Gasteiger partial charge in [-0.25, -0.2) is 4.79 Å². The van der Waals surface area contributed by atoms with Crippen molar-refractivity contribution in [2.75, 3.05) is 5.43 Å². The zero-order valence-corrected chi connectivity index (χ0v) is 13.1. The smallest absolute Gasteiger partial charge is 0.339 e. The monoisotopic (exact) mass is 314 g/mol. The average molecular weight is 314 g/mol. The quantitative estimate of drug-likeness (QED) is 0.345. The molecule has 0 spiro atoms. The first kappa shape index (κ1) is 16.5. The Labute approximate surface area is 133 Å². The number of ketones is 1. The molecular formula is C17H18N2O4. The number of hydrogen-bond acceptors (Lipinski definition) is 5. The maximum atomic E-state index is 11.4. The largest absolute Gasteiger partial charge is 0.508 e. The second-order valence-electron chi connectivity index (χ2n) is 6.19. The van der Waals surface area contributed by atoms with Crippen LogP contribution >= 0.6 is 0 Å². The van der Waals surface area contributed by atoms with Crippen LogP contribution in [-0.4, -0.2) is 27.7 Å². The Morgan fingerprint density at radius 3 is 2.52 bits per heavy atom. The van der Waals surface area contributed by atoms with Gasteiger partial charge in [0.25, 0.3) is 0 Å². The third-order valence-corrected chi connectivity index (χ3v) is 3.31. The fourth-order valence-electron chi connectivity index (χ4n) is 2.09. The zero-order chi connectivity index (χ0) is 17.2. The third-order valence-electron chi connectivity index (χ3n) is 3.31. The van der Waals surface area contributed by atoms with E-state index in [1.165, 1.54) is 18.2 Å². The normalized spacial score (nSPS) is 16.4. The molecule has 23 heavy (non-hydrogen) atoms. The Bertz CT molecular complexity index is 752. The third kappa shape index (κ3) is 3.85. The molecule has 0 amide bonds. The minimum atomic E-state index is -1.29. The van der Waals surface area contributed by atoms with E-state index in [0.717, 1.165) is 5.56 Å². The van der Waals surface area contributed by atoms with E-state index in [0.29, 0.717) is 11.4 Å². The number of benzene rings is 1. The van der Waals surface area contributed by atoms with Crippen LogP contribution in [0.3, 0.4) is 0 Å². The molecule has 0 aromatic heterocycles. The van der Waals surface area contributed by atoms with Crippen LogP contribution in [0.4, 0.5) is 5.69 Å². The van der Waals surface area contributed by atoms with E-state index in [1.807, 2.05) is 20.8 Å². The van der Waals surface area contributed by atoms with Gasteiger partial charge in [-0.3, -0.25) is 10.2 Å². The SMILES string of the molecule is CC(C)(C)c1cc(N/N=C2\C=CC(=O)C(C(=O)O)=C2)ccc1O. The second-order valence-corrected chi connectivity index (χ2v) is 6.19. The van der Waals surface area contributed by atoms with Gasteiger partial charge < -0.3 is 10.2 Å². The second kappa shape index (κ2) is 6.08. The fourth-order valence-corrected chi connectivity index (χ4v) is 2.09. The van der Waals surface area contributed by atoms with Crippen molar-refractivity contribution < 1.29 is 19.8 Å². The summed E-state index contributed by atoms with van der Waals surface area (Å²) in [4.78, 5) is 22.4. The minimum Gasteiger partial charge on any atom is -0.508 e. The number of carboxylic acids is 1. The lowest BCUT2D eigenvalue weighted by Crippen LogP contribution is -2.16. The molecule has 1 aliphatic carbocycles. The molecule has 0 atom stereocenters. The van der Waals surface area contributed by atoms with Crippen molar-refractivity contribution in [2.24, 2.45) is 5.10 Å². The first-order chi connectivity index (χ1) is 10.7. The van der Waals surface area contributed by atoms with Crippen molar-refractivity contribution in [3.8, 4) is 5.75 Å². The number of aliphatic carboxylic acids is 1. The maximum Gasteiger partial charge on any atom is 0.339 e. The lowest BCUT2D eigenvalue weighted by molar-refractivity contribution is -0.134. The Balaban J connectivity index is 2.26. The highest BCUT2D eigenvalue weighted by Crippen LogP contribution is 2.32. The molecule has 0 radical (unpaired) electrons. The molecule has 6 heteroatoms. The van der Waals surface area contributed by atoms with Crippen molar-refractivity contribution >= 4 is 23.2 Å². The minimum absolute atomic E-state index is 0.201. The van der Waals surface area contributed by atoms with Crippen LogP contribution in [0.25, 0.3) is 0 Å². The van der Waals surface area contributed by atoms with Gasteiger partial charge in [-0.15, -0.1) is 0 Å².